The lowest BCUT2D eigenvalue weighted by molar-refractivity contribution is -0.123. The van der Waals surface area contributed by atoms with Crippen LogP contribution in [0.2, 0.25) is 0 Å². The molecular formula is C28H35N3O2. The van der Waals surface area contributed by atoms with Gasteiger partial charge in [-0.3, -0.25) is 14.5 Å². The standard InChI is InChI=1S/C28H35N3O2/c1-19(23-11-10-21-4-2-3-5-24(21)16-23)29-27(32)18-31(26-14-15-26)17-20-6-8-22(9-7-20)28(33)30-25-12-13-25/h6-11,16,19,25-26H,2-5,12-15,17-18H2,1H3,(H,29,32)(H,30,33). The molecule has 2 N–H and O–H groups in total. The van der Waals surface area contributed by atoms with Crippen LogP contribution >= 0.6 is 0 Å². The van der Waals surface area contributed by atoms with Gasteiger partial charge in [-0.2, -0.15) is 0 Å². The Kier molecular flexibility index (Phi) is 6.50. The van der Waals surface area contributed by atoms with E-state index >= 15 is 0 Å². The van der Waals surface area contributed by atoms with Gasteiger partial charge in [-0.15, -0.1) is 0 Å². The zero-order valence-corrected chi connectivity index (χ0v) is 19.6. The second-order valence-corrected chi connectivity index (χ2v) is 10.1. The van der Waals surface area contributed by atoms with Crippen LogP contribution in [-0.4, -0.2) is 35.3 Å². The summed E-state index contributed by atoms with van der Waals surface area (Å²) in [5, 5.41) is 6.25. The fourth-order valence-electron chi connectivity index (χ4n) is 4.82. The Labute approximate surface area is 196 Å². The first-order chi connectivity index (χ1) is 16.0. The molecule has 0 saturated heterocycles. The van der Waals surface area contributed by atoms with E-state index in [4.69, 9.17) is 0 Å². The first-order valence-electron chi connectivity index (χ1n) is 12.6. The number of amides is 2. The average Bonchev–Trinajstić information content (AvgIpc) is 3.73. The van der Waals surface area contributed by atoms with E-state index in [-0.39, 0.29) is 17.9 Å². The van der Waals surface area contributed by atoms with Gasteiger partial charge in [0.1, 0.15) is 0 Å². The maximum Gasteiger partial charge on any atom is 0.251 e. The Bertz CT molecular complexity index is 1010. The molecule has 2 amide bonds. The zero-order chi connectivity index (χ0) is 22.8. The highest BCUT2D eigenvalue weighted by molar-refractivity contribution is 5.94. The van der Waals surface area contributed by atoms with E-state index < -0.39 is 0 Å². The monoisotopic (exact) mass is 445 g/mol. The van der Waals surface area contributed by atoms with Crippen LogP contribution in [0.15, 0.2) is 42.5 Å². The molecule has 0 aromatic heterocycles. The van der Waals surface area contributed by atoms with Crippen LogP contribution < -0.4 is 10.6 Å². The molecule has 0 radical (unpaired) electrons. The van der Waals surface area contributed by atoms with Gasteiger partial charge < -0.3 is 10.6 Å². The Morgan fingerprint density at radius 1 is 0.970 bits per heavy atom. The van der Waals surface area contributed by atoms with Crippen molar-refractivity contribution < 1.29 is 9.59 Å². The maximum absolute atomic E-state index is 12.9. The molecule has 3 aliphatic rings. The minimum absolute atomic E-state index is 0.00930. The van der Waals surface area contributed by atoms with Gasteiger partial charge >= 0.3 is 0 Å². The first-order valence-corrected chi connectivity index (χ1v) is 12.6. The third kappa shape index (κ3) is 5.83. The SMILES string of the molecule is CC(NC(=O)CN(Cc1ccc(C(=O)NC2CC2)cc1)C1CC1)c1ccc2c(c1)CCCC2. The van der Waals surface area contributed by atoms with E-state index in [1.165, 1.54) is 36.0 Å². The summed E-state index contributed by atoms with van der Waals surface area (Å²) in [6.07, 6.45) is 9.36. The van der Waals surface area contributed by atoms with Gasteiger partial charge in [0, 0.05) is 24.2 Å². The quantitative estimate of drug-likeness (QED) is 0.605. The lowest BCUT2D eigenvalue weighted by Gasteiger charge is -2.24. The highest BCUT2D eigenvalue weighted by atomic mass is 16.2. The molecule has 33 heavy (non-hydrogen) atoms. The second-order valence-electron chi connectivity index (χ2n) is 10.1. The number of fused-ring (bicyclic) bond motifs is 1. The van der Waals surface area contributed by atoms with Gasteiger partial charge in [-0.1, -0.05) is 30.3 Å². The van der Waals surface area contributed by atoms with Crippen molar-refractivity contribution in [2.75, 3.05) is 6.54 Å². The third-order valence-electron chi connectivity index (χ3n) is 7.17. The fourth-order valence-corrected chi connectivity index (χ4v) is 4.82. The molecule has 2 aromatic carbocycles. The summed E-state index contributed by atoms with van der Waals surface area (Å²) in [4.78, 5) is 27.4. The van der Waals surface area contributed by atoms with Crippen molar-refractivity contribution in [1.29, 1.82) is 0 Å². The fraction of sp³-hybridized carbons (Fsp3) is 0.500. The summed E-state index contributed by atoms with van der Waals surface area (Å²) in [5.74, 6) is 0.0891. The number of nitrogens with zero attached hydrogens (tertiary/aromatic N) is 1. The molecule has 5 nitrogen and oxygen atoms in total. The number of hydrogen-bond donors (Lipinski definition) is 2. The largest absolute Gasteiger partial charge is 0.349 e. The number of nitrogens with one attached hydrogen (secondary N) is 2. The summed E-state index contributed by atoms with van der Waals surface area (Å²) in [6, 6.07) is 15.4. The normalized spacial score (nSPS) is 18.5. The van der Waals surface area contributed by atoms with E-state index in [9.17, 15) is 9.59 Å². The van der Waals surface area contributed by atoms with Crippen LogP contribution in [0.1, 0.15) is 84.1 Å². The molecule has 5 heteroatoms. The van der Waals surface area contributed by atoms with E-state index in [0.717, 1.165) is 44.2 Å². The van der Waals surface area contributed by atoms with Crippen molar-refractivity contribution in [3.05, 3.63) is 70.3 Å². The van der Waals surface area contributed by atoms with E-state index in [1.807, 2.05) is 24.3 Å². The predicted octanol–water partition coefficient (Wildman–Crippen LogP) is 4.30. The molecule has 5 rings (SSSR count). The van der Waals surface area contributed by atoms with Crippen molar-refractivity contribution in [3.8, 4) is 0 Å². The van der Waals surface area contributed by atoms with Gasteiger partial charge in [0.05, 0.1) is 12.6 Å². The molecule has 0 bridgehead atoms. The van der Waals surface area contributed by atoms with Crippen LogP contribution in [0, 0.1) is 0 Å². The van der Waals surface area contributed by atoms with Crippen LogP contribution in [0.25, 0.3) is 0 Å². The van der Waals surface area contributed by atoms with Crippen LogP contribution in [0.5, 0.6) is 0 Å². The molecule has 1 unspecified atom stereocenters. The summed E-state index contributed by atoms with van der Waals surface area (Å²) in [6.45, 7) is 3.22. The van der Waals surface area contributed by atoms with Gasteiger partial charge in [-0.05, 0) is 92.7 Å². The summed E-state index contributed by atoms with van der Waals surface area (Å²) < 4.78 is 0. The number of carbonyl (C=O) groups excluding carboxylic acids is 2. The molecular weight excluding hydrogens is 410 g/mol. The first kappa shape index (κ1) is 22.1. The Morgan fingerprint density at radius 2 is 1.70 bits per heavy atom. The van der Waals surface area contributed by atoms with Crippen molar-refractivity contribution in [2.45, 2.75) is 83.0 Å². The number of aryl methyl sites for hydroxylation is 2. The molecule has 2 aromatic rings. The van der Waals surface area contributed by atoms with Crippen molar-refractivity contribution >= 4 is 11.8 Å². The molecule has 1 atom stereocenters. The van der Waals surface area contributed by atoms with Crippen molar-refractivity contribution in [2.24, 2.45) is 0 Å². The number of hydrogen-bond acceptors (Lipinski definition) is 3. The Hall–Kier alpha value is -2.66. The average molecular weight is 446 g/mol. The summed E-state index contributed by atoms with van der Waals surface area (Å²) in [7, 11) is 0. The predicted molar refractivity (Wildman–Crippen MR) is 130 cm³/mol. The van der Waals surface area contributed by atoms with Crippen LogP contribution in [-0.2, 0) is 24.2 Å². The topological polar surface area (TPSA) is 61.4 Å². The number of benzene rings is 2. The molecule has 174 valence electrons. The van der Waals surface area contributed by atoms with Gasteiger partial charge in [0.25, 0.3) is 5.91 Å². The third-order valence-corrected chi connectivity index (χ3v) is 7.17. The van der Waals surface area contributed by atoms with Crippen LogP contribution in [0.4, 0.5) is 0 Å². The van der Waals surface area contributed by atoms with E-state index in [2.05, 4.69) is 40.7 Å². The molecule has 2 saturated carbocycles. The summed E-state index contributed by atoms with van der Waals surface area (Å²) >= 11 is 0. The highest BCUT2D eigenvalue weighted by Crippen LogP contribution is 2.29. The maximum atomic E-state index is 12.9. The Balaban J connectivity index is 1.16. The van der Waals surface area contributed by atoms with E-state index in [1.54, 1.807) is 0 Å². The smallest absolute Gasteiger partial charge is 0.251 e. The lowest BCUT2D eigenvalue weighted by Crippen LogP contribution is -2.39. The van der Waals surface area contributed by atoms with Gasteiger partial charge in [0.15, 0.2) is 0 Å². The highest BCUT2D eigenvalue weighted by Gasteiger charge is 2.31. The van der Waals surface area contributed by atoms with E-state index in [0.29, 0.717) is 24.2 Å². The minimum atomic E-state index is 0.00930. The minimum Gasteiger partial charge on any atom is -0.349 e. The number of rotatable bonds is 9. The molecule has 0 heterocycles. The number of carbonyl (C=O) groups is 2. The van der Waals surface area contributed by atoms with Gasteiger partial charge in [0.2, 0.25) is 5.91 Å². The summed E-state index contributed by atoms with van der Waals surface area (Å²) in [5.41, 5.74) is 5.97. The van der Waals surface area contributed by atoms with Crippen molar-refractivity contribution in [1.82, 2.24) is 15.5 Å². The van der Waals surface area contributed by atoms with Crippen molar-refractivity contribution in [3.63, 3.8) is 0 Å². The molecule has 3 aliphatic carbocycles. The lowest BCUT2D eigenvalue weighted by atomic mass is 9.89. The van der Waals surface area contributed by atoms with Crippen LogP contribution in [0.3, 0.4) is 0 Å². The molecule has 0 aliphatic heterocycles. The zero-order valence-electron chi connectivity index (χ0n) is 19.6. The molecule has 0 spiro atoms. The Morgan fingerprint density at radius 3 is 2.39 bits per heavy atom. The van der Waals surface area contributed by atoms with Gasteiger partial charge in [-0.25, -0.2) is 0 Å². The second kappa shape index (κ2) is 9.68. The molecule has 2 fully saturated rings.